The maximum atomic E-state index is 8.51. The van der Waals surface area contributed by atoms with E-state index in [1.165, 1.54) is 58.6 Å². The van der Waals surface area contributed by atoms with Gasteiger partial charge in [0.2, 0.25) is 11.8 Å². The first-order chi connectivity index (χ1) is 17.6. The molecule has 1 aliphatic heterocycles. The zero-order chi connectivity index (χ0) is 24.5. The van der Waals surface area contributed by atoms with Gasteiger partial charge in [-0.1, -0.05) is 85.7 Å². The third-order valence-electron chi connectivity index (χ3n) is 7.79. The summed E-state index contributed by atoms with van der Waals surface area (Å²) in [5.41, 5.74) is 6.81. The molecule has 0 radical (unpaired) electrons. The fourth-order valence-corrected chi connectivity index (χ4v) is 7.20. The van der Waals surface area contributed by atoms with Gasteiger partial charge in [-0.05, 0) is 78.3 Å². The van der Waals surface area contributed by atoms with Crippen molar-refractivity contribution >= 4 is 23.6 Å². The molecule has 1 saturated carbocycles. The molecule has 0 atom stereocenters. The van der Waals surface area contributed by atoms with Gasteiger partial charge in [0.1, 0.15) is 0 Å². The van der Waals surface area contributed by atoms with Crippen LogP contribution in [0.15, 0.2) is 100 Å². The SMILES string of the molecule is N=C(OC(=N)c1cccc(-c2ccc3c(c2)C2(CCCCC2)c2ccccc2S3)c1)C1=CC=CCC1. The molecular formula is C32H30N2OS. The number of fused-ring (bicyclic) bond motifs is 4. The maximum absolute atomic E-state index is 8.51. The molecule has 0 aromatic heterocycles. The first-order valence-corrected chi connectivity index (χ1v) is 13.7. The normalized spacial score (nSPS) is 17.6. The number of allylic oxidation sites excluding steroid dienone is 3. The Bertz CT molecular complexity index is 1410. The monoisotopic (exact) mass is 490 g/mol. The molecule has 2 N–H and O–H groups in total. The van der Waals surface area contributed by atoms with Gasteiger partial charge in [0, 0.05) is 26.3 Å². The molecule has 3 aromatic carbocycles. The summed E-state index contributed by atoms with van der Waals surface area (Å²) in [7, 11) is 0. The minimum absolute atomic E-state index is 0.0171. The van der Waals surface area contributed by atoms with E-state index < -0.39 is 0 Å². The van der Waals surface area contributed by atoms with E-state index in [0.29, 0.717) is 5.56 Å². The van der Waals surface area contributed by atoms with Crippen molar-refractivity contribution in [2.75, 3.05) is 0 Å². The number of ether oxygens (including phenoxy) is 1. The topological polar surface area (TPSA) is 56.9 Å². The molecular weight excluding hydrogens is 460 g/mol. The maximum Gasteiger partial charge on any atom is 0.221 e. The van der Waals surface area contributed by atoms with Crippen LogP contribution in [-0.2, 0) is 10.2 Å². The smallest absolute Gasteiger partial charge is 0.221 e. The van der Waals surface area contributed by atoms with Crippen molar-refractivity contribution in [3.8, 4) is 11.1 Å². The van der Waals surface area contributed by atoms with E-state index in [0.717, 1.165) is 24.0 Å². The Hall–Kier alpha value is -3.37. The molecule has 1 spiro atoms. The molecule has 0 bridgehead atoms. The highest BCUT2D eigenvalue weighted by molar-refractivity contribution is 7.99. The summed E-state index contributed by atoms with van der Waals surface area (Å²) in [5, 5.41) is 16.8. The van der Waals surface area contributed by atoms with Crippen LogP contribution in [-0.4, -0.2) is 11.8 Å². The van der Waals surface area contributed by atoms with E-state index in [-0.39, 0.29) is 17.2 Å². The lowest BCUT2D eigenvalue weighted by Crippen LogP contribution is -2.33. The second-order valence-electron chi connectivity index (χ2n) is 9.95. The standard InChI is InChI=1S/C32H30N2OS/c33-30(22-10-3-1-4-11-22)35-31(34)25-13-9-12-23(20-25)24-16-17-29-27(21-24)32(18-7-2-8-19-32)26-14-5-6-15-28(26)36-29/h1,3,5-6,9-10,12-17,20-21,33-34H,2,4,7-8,11,18-19H2. The minimum atomic E-state index is 0.0171. The summed E-state index contributed by atoms with van der Waals surface area (Å²) in [6, 6.07) is 23.9. The van der Waals surface area contributed by atoms with Crippen molar-refractivity contribution in [2.45, 2.75) is 60.2 Å². The molecule has 2 aliphatic carbocycles. The number of nitrogens with one attached hydrogen (secondary N) is 2. The predicted octanol–water partition coefficient (Wildman–Crippen LogP) is 8.66. The lowest BCUT2D eigenvalue weighted by atomic mass is 9.64. The Morgan fingerprint density at radius 2 is 1.58 bits per heavy atom. The zero-order valence-corrected chi connectivity index (χ0v) is 21.2. The number of hydrogen-bond donors (Lipinski definition) is 2. The van der Waals surface area contributed by atoms with Crippen molar-refractivity contribution < 1.29 is 4.74 Å². The molecule has 0 saturated heterocycles. The lowest BCUT2D eigenvalue weighted by molar-refractivity contribution is 0.335. The Morgan fingerprint density at radius 3 is 2.42 bits per heavy atom. The highest BCUT2D eigenvalue weighted by Crippen LogP contribution is 2.55. The van der Waals surface area contributed by atoms with Crippen LogP contribution in [0, 0.1) is 10.8 Å². The third-order valence-corrected chi connectivity index (χ3v) is 8.94. The van der Waals surface area contributed by atoms with Crippen LogP contribution in [0.2, 0.25) is 0 Å². The Morgan fingerprint density at radius 1 is 0.778 bits per heavy atom. The second kappa shape index (κ2) is 9.59. The fraction of sp³-hybridized carbons (Fsp3) is 0.250. The summed E-state index contributed by atoms with van der Waals surface area (Å²) >= 11 is 1.89. The predicted molar refractivity (Wildman–Crippen MR) is 148 cm³/mol. The highest BCUT2D eigenvalue weighted by atomic mass is 32.2. The molecule has 3 nitrogen and oxygen atoms in total. The highest BCUT2D eigenvalue weighted by Gasteiger charge is 2.41. The Kier molecular flexibility index (Phi) is 6.14. The van der Waals surface area contributed by atoms with Crippen molar-refractivity contribution in [1.29, 1.82) is 10.8 Å². The van der Waals surface area contributed by atoms with Gasteiger partial charge in [-0.3, -0.25) is 10.8 Å². The Balaban J connectivity index is 1.33. The van der Waals surface area contributed by atoms with E-state index in [4.69, 9.17) is 15.6 Å². The van der Waals surface area contributed by atoms with Crippen LogP contribution in [0.1, 0.15) is 61.6 Å². The quantitative estimate of drug-likeness (QED) is 0.285. The van der Waals surface area contributed by atoms with Gasteiger partial charge in [0.15, 0.2) is 0 Å². The second-order valence-corrected chi connectivity index (χ2v) is 11.0. The molecule has 0 amide bonds. The Labute approximate surface area is 217 Å². The fourth-order valence-electron chi connectivity index (χ4n) is 5.94. The number of hydrogen-bond acceptors (Lipinski definition) is 4. The molecule has 36 heavy (non-hydrogen) atoms. The van der Waals surface area contributed by atoms with E-state index in [1.807, 2.05) is 42.1 Å². The van der Waals surface area contributed by atoms with Gasteiger partial charge in [-0.2, -0.15) is 0 Å². The molecule has 6 rings (SSSR count). The summed E-state index contributed by atoms with van der Waals surface area (Å²) in [6.07, 6.45) is 13.9. The molecule has 0 unspecified atom stereocenters. The van der Waals surface area contributed by atoms with Crippen molar-refractivity contribution in [2.24, 2.45) is 0 Å². The van der Waals surface area contributed by atoms with Crippen LogP contribution < -0.4 is 0 Å². The first kappa shape index (κ1) is 23.1. The van der Waals surface area contributed by atoms with Gasteiger partial charge in [-0.15, -0.1) is 0 Å². The van der Waals surface area contributed by atoms with Crippen molar-refractivity contribution in [1.82, 2.24) is 0 Å². The molecule has 1 heterocycles. The van der Waals surface area contributed by atoms with E-state index in [2.05, 4.69) is 54.6 Å². The van der Waals surface area contributed by atoms with Crippen LogP contribution in [0.5, 0.6) is 0 Å². The van der Waals surface area contributed by atoms with E-state index in [9.17, 15) is 0 Å². The van der Waals surface area contributed by atoms with Crippen LogP contribution in [0.3, 0.4) is 0 Å². The van der Waals surface area contributed by atoms with Crippen molar-refractivity contribution in [3.63, 3.8) is 0 Å². The first-order valence-electron chi connectivity index (χ1n) is 12.9. The van der Waals surface area contributed by atoms with E-state index >= 15 is 0 Å². The summed E-state index contributed by atoms with van der Waals surface area (Å²) < 4.78 is 5.65. The van der Waals surface area contributed by atoms with Gasteiger partial charge >= 0.3 is 0 Å². The van der Waals surface area contributed by atoms with Gasteiger partial charge in [0.25, 0.3) is 0 Å². The van der Waals surface area contributed by atoms with Crippen LogP contribution in [0.25, 0.3) is 11.1 Å². The summed E-state index contributed by atoms with van der Waals surface area (Å²) in [5.74, 6) is 0.0851. The largest absolute Gasteiger partial charge is 0.421 e. The van der Waals surface area contributed by atoms with Gasteiger partial charge in [-0.25, -0.2) is 0 Å². The molecule has 3 aromatic rings. The average molecular weight is 491 g/mol. The zero-order valence-electron chi connectivity index (χ0n) is 20.3. The molecule has 3 aliphatic rings. The molecule has 4 heteroatoms. The number of rotatable bonds is 3. The van der Waals surface area contributed by atoms with Crippen LogP contribution >= 0.6 is 11.8 Å². The van der Waals surface area contributed by atoms with Gasteiger partial charge in [0.05, 0.1) is 0 Å². The summed E-state index contributed by atoms with van der Waals surface area (Å²) in [6.45, 7) is 0. The third kappa shape index (κ3) is 4.14. The lowest BCUT2D eigenvalue weighted by Gasteiger charge is -2.43. The van der Waals surface area contributed by atoms with Crippen LogP contribution in [0.4, 0.5) is 0 Å². The van der Waals surface area contributed by atoms with Crippen molar-refractivity contribution in [3.05, 3.63) is 107 Å². The van der Waals surface area contributed by atoms with Gasteiger partial charge < -0.3 is 4.74 Å². The molecule has 180 valence electrons. The molecule has 1 fully saturated rings. The minimum Gasteiger partial charge on any atom is -0.421 e. The van der Waals surface area contributed by atoms with E-state index in [1.54, 1.807) is 0 Å². The number of benzene rings is 3. The summed E-state index contributed by atoms with van der Waals surface area (Å²) in [4.78, 5) is 2.77. The average Bonchev–Trinajstić information content (AvgIpc) is 2.94.